The molecule has 7 heteroatoms. The average Bonchev–Trinajstić information content (AvgIpc) is 2.76. The van der Waals surface area contributed by atoms with Crippen molar-refractivity contribution in [1.82, 2.24) is 5.32 Å². The van der Waals surface area contributed by atoms with Crippen LogP contribution in [0.25, 0.3) is 0 Å². The van der Waals surface area contributed by atoms with Crippen LogP contribution >= 0.6 is 0 Å². The number of benzene rings is 3. The second kappa shape index (κ2) is 9.45. The molecule has 0 aliphatic carbocycles. The molecular formula is C23H24N2O4S. The normalized spacial score (nSPS) is 11.0. The van der Waals surface area contributed by atoms with E-state index in [1.165, 1.54) is 19.2 Å². The first-order valence-electron chi connectivity index (χ1n) is 9.45. The molecule has 156 valence electrons. The van der Waals surface area contributed by atoms with Crippen LogP contribution in [0.2, 0.25) is 0 Å². The molecule has 0 aliphatic rings. The summed E-state index contributed by atoms with van der Waals surface area (Å²) in [6, 6.07) is 22.5. The van der Waals surface area contributed by atoms with Gasteiger partial charge in [0.2, 0.25) is 5.91 Å². The summed E-state index contributed by atoms with van der Waals surface area (Å²) >= 11 is 0. The number of sulfonamides is 1. The monoisotopic (exact) mass is 424 g/mol. The smallest absolute Gasteiger partial charge is 0.264 e. The van der Waals surface area contributed by atoms with Gasteiger partial charge in [0.15, 0.2) is 0 Å². The van der Waals surface area contributed by atoms with Crippen LogP contribution < -0.4 is 14.4 Å². The number of para-hydroxylation sites is 2. The zero-order valence-electron chi connectivity index (χ0n) is 16.9. The molecule has 0 fully saturated rings. The summed E-state index contributed by atoms with van der Waals surface area (Å²) in [5, 5.41) is 2.80. The van der Waals surface area contributed by atoms with Gasteiger partial charge in [0.1, 0.15) is 12.3 Å². The highest BCUT2D eigenvalue weighted by atomic mass is 32.2. The number of anilines is 1. The van der Waals surface area contributed by atoms with Gasteiger partial charge < -0.3 is 10.1 Å². The minimum Gasteiger partial charge on any atom is -0.495 e. The van der Waals surface area contributed by atoms with Crippen molar-refractivity contribution in [2.45, 2.75) is 18.4 Å². The van der Waals surface area contributed by atoms with E-state index in [2.05, 4.69) is 5.32 Å². The summed E-state index contributed by atoms with van der Waals surface area (Å²) in [7, 11) is -2.52. The number of carbonyl (C=O) groups is 1. The third kappa shape index (κ3) is 4.99. The summed E-state index contributed by atoms with van der Waals surface area (Å²) in [6.45, 7) is 1.91. The lowest BCUT2D eigenvalue weighted by Gasteiger charge is -2.25. The number of nitrogens with one attached hydrogen (secondary N) is 1. The molecule has 3 rings (SSSR count). The molecule has 0 unspecified atom stereocenters. The fraction of sp³-hybridized carbons (Fsp3) is 0.174. The van der Waals surface area contributed by atoms with Crippen molar-refractivity contribution in [3.8, 4) is 5.75 Å². The quantitative estimate of drug-likeness (QED) is 0.600. The number of hydrogen-bond acceptors (Lipinski definition) is 4. The first kappa shape index (κ1) is 21.4. The summed E-state index contributed by atoms with van der Waals surface area (Å²) in [4.78, 5) is 12.8. The van der Waals surface area contributed by atoms with Crippen LogP contribution in [0.1, 0.15) is 11.1 Å². The second-order valence-electron chi connectivity index (χ2n) is 6.76. The predicted octanol–water partition coefficient (Wildman–Crippen LogP) is 3.52. The lowest BCUT2D eigenvalue weighted by molar-refractivity contribution is -0.119. The Morgan fingerprint density at radius 2 is 1.67 bits per heavy atom. The molecule has 6 nitrogen and oxygen atoms in total. The van der Waals surface area contributed by atoms with Crippen LogP contribution in [0.4, 0.5) is 5.69 Å². The van der Waals surface area contributed by atoms with Crippen molar-refractivity contribution in [3.63, 3.8) is 0 Å². The van der Waals surface area contributed by atoms with E-state index in [1.54, 1.807) is 42.5 Å². The molecular weight excluding hydrogens is 400 g/mol. The van der Waals surface area contributed by atoms with Gasteiger partial charge in [-0.05, 0) is 36.8 Å². The Hall–Kier alpha value is -3.32. The van der Waals surface area contributed by atoms with Gasteiger partial charge in [-0.25, -0.2) is 8.42 Å². The van der Waals surface area contributed by atoms with Crippen LogP contribution in [-0.4, -0.2) is 28.0 Å². The fourth-order valence-corrected chi connectivity index (χ4v) is 4.52. The molecule has 0 atom stereocenters. The maximum atomic E-state index is 13.3. The van der Waals surface area contributed by atoms with Crippen molar-refractivity contribution in [3.05, 3.63) is 90.0 Å². The van der Waals surface area contributed by atoms with E-state index in [0.29, 0.717) is 18.0 Å². The molecule has 0 bridgehead atoms. The van der Waals surface area contributed by atoms with Crippen molar-refractivity contribution < 1.29 is 17.9 Å². The highest BCUT2D eigenvalue weighted by molar-refractivity contribution is 7.92. The van der Waals surface area contributed by atoms with E-state index in [0.717, 1.165) is 15.4 Å². The van der Waals surface area contributed by atoms with Gasteiger partial charge in [-0.3, -0.25) is 9.10 Å². The van der Waals surface area contributed by atoms with Crippen LogP contribution in [0.5, 0.6) is 5.75 Å². The Morgan fingerprint density at radius 1 is 0.967 bits per heavy atom. The third-order valence-electron chi connectivity index (χ3n) is 4.54. The number of carbonyl (C=O) groups excluding carboxylic acids is 1. The zero-order valence-corrected chi connectivity index (χ0v) is 17.7. The molecule has 0 spiro atoms. The third-order valence-corrected chi connectivity index (χ3v) is 6.32. The van der Waals surface area contributed by atoms with E-state index in [-0.39, 0.29) is 11.4 Å². The number of amides is 1. The molecule has 3 aromatic rings. The van der Waals surface area contributed by atoms with Crippen molar-refractivity contribution >= 4 is 21.6 Å². The zero-order chi connectivity index (χ0) is 21.6. The Morgan fingerprint density at radius 3 is 2.37 bits per heavy atom. The number of nitrogens with zero attached hydrogens (tertiary/aromatic N) is 1. The van der Waals surface area contributed by atoms with E-state index < -0.39 is 15.9 Å². The second-order valence-corrected chi connectivity index (χ2v) is 8.62. The minimum absolute atomic E-state index is 0.0994. The number of rotatable bonds is 8. The van der Waals surface area contributed by atoms with E-state index >= 15 is 0 Å². The van der Waals surface area contributed by atoms with E-state index in [9.17, 15) is 13.2 Å². The largest absolute Gasteiger partial charge is 0.495 e. The average molecular weight is 425 g/mol. The predicted molar refractivity (Wildman–Crippen MR) is 117 cm³/mol. The molecule has 0 heterocycles. The van der Waals surface area contributed by atoms with E-state index in [1.807, 2.05) is 31.2 Å². The Balaban J connectivity index is 1.89. The number of ether oxygens (including phenoxy) is 1. The maximum Gasteiger partial charge on any atom is 0.264 e. The topological polar surface area (TPSA) is 75.7 Å². The molecule has 30 heavy (non-hydrogen) atoms. The molecule has 0 aliphatic heterocycles. The van der Waals surface area contributed by atoms with Crippen molar-refractivity contribution in [2.24, 2.45) is 0 Å². The van der Waals surface area contributed by atoms with Gasteiger partial charge in [-0.1, -0.05) is 60.2 Å². The molecule has 0 saturated heterocycles. The van der Waals surface area contributed by atoms with Gasteiger partial charge in [0.05, 0.1) is 17.7 Å². The lowest BCUT2D eigenvalue weighted by Crippen LogP contribution is -2.40. The Labute approximate surface area is 177 Å². The first-order chi connectivity index (χ1) is 14.4. The minimum atomic E-state index is -3.98. The summed E-state index contributed by atoms with van der Waals surface area (Å²) < 4.78 is 33.1. The van der Waals surface area contributed by atoms with Gasteiger partial charge in [-0.15, -0.1) is 0 Å². The molecule has 1 amide bonds. The van der Waals surface area contributed by atoms with Crippen LogP contribution in [-0.2, 0) is 21.4 Å². The number of methoxy groups -OCH3 is 1. The molecule has 0 aromatic heterocycles. The maximum absolute atomic E-state index is 13.3. The van der Waals surface area contributed by atoms with Gasteiger partial charge in [-0.2, -0.15) is 0 Å². The van der Waals surface area contributed by atoms with Crippen molar-refractivity contribution in [1.29, 1.82) is 0 Å². The van der Waals surface area contributed by atoms with Crippen LogP contribution in [0.3, 0.4) is 0 Å². The SMILES string of the molecule is COc1ccccc1N(CC(=O)NCc1cccc(C)c1)S(=O)(=O)c1ccccc1. The summed E-state index contributed by atoms with van der Waals surface area (Å²) in [5.41, 5.74) is 2.33. The Bertz CT molecular complexity index is 1110. The Kier molecular flexibility index (Phi) is 6.74. The number of aryl methyl sites for hydroxylation is 1. The van der Waals surface area contributed by atoms with Gasteiger partial charge in [0.25, 0.3) is 10.0 Å². The lowest BCUT2D eigenvalue weighted by atomic mass is 10.1. The molecule has 3 aromatic carbocycles. The first-order valence-corrected chi connectivity index (χ1v) is 10.9. The highest BCUT2D eigenvalue weighted by Gasteiger charge is 2.29. The fourth-order valence-electron chi connectivity index (χ4n) is 3.06. The summed E-state index contributed by atoms with van der Waals surface area (Å²) in [6.07, 6.45) is 0. The molecule has 1 N–H and O–H groups in total. The van der Waals surface area contributed by atoms with E-state index in [4.69, 9.17) is 4.74 Å². The highest BCUT2D eigenvalue weighted by Crippen LogP contribution is 2.32. The molecule has 0 radical (unpaired) electrons. The summed E-state index contributed by atoms with van der Waals surface area (Å²) in [5.74, 6) is -0.0505. The van der Waals surface area contributed by atoms with Crippen LogP contribution in [0, 0.1) is 6.92 Å². The molecule has 0 saturated carbocycles. The standard InChI is InChI=1S/C23H24N2O4S/c1-18-9-8-10-19(15-18)16-24-23(26)17-25(21-13-6-7-14-22(21)29-2)30(27,28)20-11-4-3-5-12-20/h3-15H,16-17H2,1-2H3,(H,24,26). The van der Waals surface area contributed by atoms with Crippen molar-refractivity contribution in [2.75, 3.05) is 18.0 Å². The van der Waals surface area contributed by atoms with Gasteiger partial charge in [0, 0.05) is 6.54 Å². The number of hydrogen-bond donors (Lipinski definition) is 1. The van der Waals surface area contributed by atoms with Gasteiger partial charge >= 0.3 is 0 Å². The van der Waals surface area contributed by atoms with Crippen LogP contribution in [0.15, 0.2) is 83.8 Å².